The summed E-state index contributed by atoms with van der Waals surface area (Å²) >= 11 is 0. The van der Waals surface area contributed by atoms with Crippen LogP contribution in [0.4, 0.5) is 0 Å². The largest absolute Gasteiger partial charge is 0.392 e. The third kappa shape index (κ3) is 3.26. The van der Waals surface area contributed by atoms with E-state index in [9.17, 15) is 4.79 Å². The van der Waals surface area contributed by atoms with Crippen LogP contribution in [0.5, 0.6) is 0 Å². The maximum atomic E-state index is 10.7. The van der Waals surface area contributed by atoms with Crippen molar-refractivity contribution in [3.05, 3.63) is 118 Å². The van der Waals surface area contributed by atoms with Crippen LogP contribution in [0.2, 0.25) is 0 Å². The van der Waals surface area contributed by atoms with Gasteiger partial charge in [-0.1, -0.05) is 78.9 Å². The van der Waals surface area contributed by atoms with Crippen LogP contribution in [0.25, 0.3) is 22.3 Å². The van der Waals surface area contributed by atoms with E-state index < -0.39 is 0 Å². The lowest BCUT2D eigenvalue weighted by Crippen LogP contribution is -1.86. The second-order valence-corrected chi connectivity index (χ2v) is 7.85. The number of benzene rings is 4. The zero-order chi connectivity index (χ0) is 20.5. The lowest BCUT2D eigenvalue weighted by molar-refractivity contribution is 0.112. The lowest BCUT2D eigenvalue weighted by atomic mass is 10.0. The van der Waals surface area contributed by atoms with Crippen molar-refractivity contribution >= 4 is 6.29 Å². The quantitative estimate of drug-likeness (QED) is 0.378. The second kappa shape index (κ2) is 7.74. The normalized spacial score (nSPS) is 12.2. The van der Waals surface area contributed by atoms with Crippen molar-refractivity contribution in [2.75, 3.05) is 0 Å². The van der Waals surface area contributed by atoms with Gasteiger partial charge in [-0.2, -0.15) is 0 Å². The van der Waals surface area contributed by atoms with E-state index in [-0.39, 0.29) is 6.61 Å². The third-order valence-electron chi connectivity index (χ3n) is 5.99. The van der Waals surface area contributed by atoms with Gasteiger partial charge in [0.05, 0.1) is 6.61 Å². The molecule has 2 heteroatoms. The first-order valence-electron chi connectivity index (χ1n) is 10.2. The molecule has 0 saturated carbocycles. The summed E-state index contributed by atoms with van der Waals surface area (Å²) in [6, 6.07) is 29.0. The Morgan fingerprint density at radius 3 is 1.77 bits per heavy atom. The van der Waals surface area contributed by atoms with Gasteiger partial charge in [-0.05, 0) is 69.0 Å². The molecule has 0 aromatic heterocycles. The van der Waals surface area contributed by atoms with Crippen molar-refractivity contribution in [1.82, 2.24) is 0 Å². The van der Waals surface area contributed by atoms with E-state index in [0.717, 1.165) is 30.3 Å². The number of aldehydes is 1. The predicted octanol–water partition coefficient (Wildman–Crippen LogP) is 5.82. The number of aliphatic hydroxyl groups is 1. The lowest BCUT2D eigenvalue weighted by Gasteiger charge is -2.02. The summed E-state index contributed by atoms with van der Waals surface area (Å²) in [7, 11) is 0. The Morgan fingerprint density at radius 1 is 0.633 bits per heavy atom. The van der Waals surface area contributed by atoms with Crippen molar-refractivity contribution in [3.63, 3.8) is 0 Å². The molecule has 0 atom stereocenters. The van der Waals surface area contributed by atoms with Gasteiger partial charge >= 0.3 is 0 Å². The molecule has 146 valence electrons. The Labute approximate surface area is 176 Å². The molecule has 0 bridgehead atoms. The minimum Gasteiger partial charge on any atom is -0.392 e. The molecular formula is C28H22O2. The molecule has 0 radical (unpaired) electrons. The molecule has 0 aliphatic heterocycles. The summed E-state index contributed by atoms with van der Waals surface area (Å²) < 4.78 is 0. The molecular weight excluding hydrogens is 368 g/mol. The Morgan fingerprint density at radius 2 is 1.17 bits per heavy atom. The fourth-order valence-electron chi connectivity index (χ4n) is 4.54. The first kappa shape index (κ1) is 18.5. The van der Waals surface area contributed by atoms with Gasteiger partial charge in [0, 0.05) is 5.56 Å². The highest BCUT2D eigenvalue weighted by atomic mass is 16.3. The van der Waals surface area contributed by atoms with E-state index in [0.29, 0.717) is 0 Å². The smallest absolute Gasteiger partial charge is 0.150 e. The summed E-state index contributed by atoms with van der Waals surface area (Å²) in [5, 5.41) is 9.09. The highest BCUT2D eigenvalue weighted by Crippen LogP contribution is 2.37. The molecule has 0 amide bonds. The molecule has 2 nitrogen and oxygen atoms in total. The molecule has 2 aliphatic rings. The van der Waals surface area contributed by atoms with Gasteiger partial charge in [0.15, 0.2) is 0 Å². The zero-order valence-corrected chi connectivity index (χ0v) is 16.6. The highest BCUT2D eigenvalue weighted by Gasteiger charge is 2.18. The van der Waals surface area contributed by atoms with Crippen molar-refractivity contribution in [2.45, 2.75) is 19.4 Å². The van der Waals surface area contributed by atoms with E-state index in [1.165, 1.54) is 44.5 Å². The van der Waals surface area contributed by atoms with Gasteiger partial charge in [0.25, 0.3) is 0 Å². The first-order valence-corrected chi connectivity index (χ1v) is 10.2. The average molecular weight is 390 g/mol. The molecule has 4 aromatic rings. The Bertz CT molecular complexity index is 1250. The number of aliphatic hydroxyl groups excluding tert-OH is 1. The minimum absolute atomic E-state index is 0.129. The molecule has 2 aliphatic carbocycles. The standard InChI is InChI=1S/C14H12O.C14H10O/c2*15-9-10-5-6-14-12(7-10)8-11-3-1-2-4-13(11)14/h1-7,15H,8-9H2;1-7,9H,8H2. The van der Waals surface area contributed by atoms with Crippen LogP contribution in [0, 0.1) is 0 Å². The van der Waals surface area contributed by atoms with E-state index in [1.54, 1.807) is 0 Å². The molecule has 0 unspecified atom stereocenters. The Balaban J connectivity index is 0.000000128. The summed E-state index contributed by atoms with van der Waals surface area (Å²) in [6.45, 7) is 0.129. The number of hydrogen-bond donors (Lipinski definition) is 1. The Hall–Kier alpha value is -3.49. The first-order chi connectivity index (χ1) is 14.8. The number of fused-ring (bicyclic) bond motifs is 6. The van der Waals surface area contributed by atoms with E-state index in [1.807, 2.05) is 24.3 Å². The van der Waals surface area contributed by atoms with Gasteiger partial charge < -0.3 is 5.11 Å². The minimum atomic E-state index is 0.129. The van der Waals surface area contributed by atoms with Gasteiger partial charge in [0.1, 0.15) is 6.29 Å². The van der Waals surface area contributed by atoms with Gasteiger partial charge in [-0.3, -0.25) is 4.79 Å². The SMILES string of the molecule is O=Cc1ccc2c(c1)Cc1ccccc1-2.OCc1ccc2c(c1)Cc1ccccc1-2. The summed E-state index contributed by atoms with van der Waals surface area (Å²) in [6.07, 6.45) is 2.86. The third-order valence-corrected chi connectivity index (χ3v) is 5.99. The van der Waals surface area contributed by atoms with E-state index in [2.05, 4.69) is 60.7 Å². The van der Waals surface area contributed by atoms with Gasteiger partial charge in [-0.15, -0.1) is 0 Å². The van der Waals surface area contributed by atoms with Gasteiger partial charge in [0.2, 0.25) is 0 Å². The molecule has 0 saturated heterocycles. The number of carbonyl (C=O) groups is 1. The van der Waals surface area contributed by atoms with Crippen LogP contribution >= 0.6 is 0 Å². The molecule has 4 aromatic carbocycles. The summed E-state index contributed by atoms with van der Waals surface area (Å²) in [4.78, 5) is 10.7. The van der Waals surface area contributed by atoms with Gasteiger partial charge in [-0.25, -0.2) is 0 Å². The molecule has 6 rings (SSSR count). The molecule has 0 spiro atoms. The van der Waals surface area contributed by atoms with Crippen LogP contribution in [-0.2, 0) is 19.4 Å². The number of rotatable bonds is 2. The number of hydrogen-bond acceptors (Lipinski definition) is 2. The number of carbonyl (C=O) groups excluding carboxylic acids is 1. The van der Waals surface area contributed by atoms with Crippen LogP contribution < -0.4 is 0 Å². The molecule has 1 N–H and O–H groups in total. The maximum absolute atomic E-state index is 10.7. The average Bonchev–Trinajstić information content (AvgIpc) is 3.36. The van der Waals surface area contributed by atoms with Crippen molar-refractivity contribution in [3.8, 4) is 22.3 Å². The van der Waals surface area contributed by atoms with Crippen molar-refractivity contribution in [1.29, 1.82) is 0 Å². The monoisotopic (exact) mass is 390 g/mol. The van der Waals surface area contributed by atoms with Crippen LogP contribution in [-0.4, -0.2) is 11.4 Å². The fourth-order valence-corrected chi connectivity index (χ4v) is 4.54. The van der Waals surface area contributed by atoms with Crippen molar-refractivity contribution < 1.29 is 9.90 Å². The topological polar surface area (TPSA) is 37.3 Å². The molecule has 0 fully saturated rings. The summed E-state index contributed by atoms with van der Waals surface area (Å²) in [5.41, 5.74) is 12.4. The zero-order valence-electron chi connectivity index (χ0n) is 16.6. The predicted molar refractivity (Wildman–Crippen MR) is 121 cm³/mol. The summed E-state index contributed by atoms with van der Waals surface area (Å²) in [5.74, 6) is 0. The molecule has 30 heavy (non-hydrogen) atoms. The van der Waals surface area contributed by atoms with Crippen LogP contribution in [0.15, 0.2) is 84.9 Å². The van der Waals surface area contributed by atoms with Crippen molar-refractivity contribution in [2.24, 2.45) is 0 Å². The Kier molecular flexibility index (Phi) is 4.78. The van der Waals surface area contributed by atoms with E-state index >= 15 is 0 Å². The van der Waals surface area contributed by atoms with E-state index in [4.69, 9.17) is 5.11 Å². The fraction of sp³-hybridized carbons (Fsp3) is 0.107. The molecule has 0 heterocycles. The van der Waals surface area contributed by atoms with Crippen LogP contribution in [0.1, 0.15) is 38.2 Å². The highest BCUT2D eigenvalue weighted by molar-refractivity contribution is 5.82. The van der Waals surface area contributed by atoms with Crippen LogP contribution in [0.3, 0.4) is 0 Å². The second-order valence-electron chi connectivity index (χ2n) is 7.85. The maximum Gasteiger partial charge on any atom is 0.150 e.